The first-order valence-corrected chi connectivity index (χ1v) is 8.86. The van der Waals surface area contributed by atoms with Crippen LogP contribution in [0.1, 0.15) is 20.3 Å². The highest BCUT2D eigenvalue weighted by Crippen LogP contribution is 2.22. The molecule has 0 aliphatic rings. The van der Waals surface area contributed by atoms with Crippen LogP contribution in [-0.2, 0) is 4.79 Å². The predicted octanol–water partition coefficient (Wildman–Crippen LogP) is 4.07. The lowest BCUT2D eigenvalue weighted by Crippen LogP contribution is -2.30. The van der Waals surface area contributed by atoms with Gasteiger partial charge in [-0.3, -0.25) is 10.1 Å². The zero-order valence-electron chi connectivity index (χ0n) is 15.5. The van der Waals surface area contributed by atoms with Crippen molar-refractivity contribution < 1.29 is 23.2 Å². The first-order chi connectivity index (χ1) is 13.6. The number of nitrogens with one attached hydrogen (secondary N) is 1. The molecule has 1 atom stereocenters. The number of ether oxygens (including phenoxy) is 2. The number of amides is 1. The van der Waals surface area contributed by atoms with Crippen molar-refractivity contribution in [3.63, 3.8) is 0 Å². The van der Waals surface area contributed by atoms with E-state index in [1.807, 2.05) is 6.92 Å². The van der Waals surface area contributed by atoms with Crippen LogP contribution in [-0.4, -0.2) is 28.8 Å². The minimum Gasteiger partial charge on any atom is -0.494 e. The van der Waals surface area contributed by atoms with Crippen molar-refractivity contribution in [2.75, 3.05) is 11.9 Å². The van der Waals surface area contributed by atoms with E-state index in [2.05, 4.69) is 15.5 Å². The molecule has 0 bridgehead atoms. The number of benzene rings is 2. The standard InChI is InChI=1S/C20H20FN3O4/c1-3-12-26-15-10-8-14(9-11-15)19-23-20(24-28-19)22-18(25)13(2)27-17-7-5-4-6-16(17)21/h4-11,13H,3,12H2,1-2H3,(H,22,24,25)/t13-/m0/s1. The van der Waals surface area contributed by atoms with E-state index >= 15 is 0 Å². The Balaban J connectivity index is 1.60. The van der Waals surface area contributed by atoms with Crippen molar-refractivity contribution in [2.24, 2.45) is 0 Å². The van der Waals surface area contributed by atoms with Crippen LogP contribution >= 0.6 is 0 Å². The van der Waals surface area contributed by atoms with Crippen molar-refractivity contribution >= 4 is 11.9 Å². The van der Waals surface area contributed by atoms with Crippen LogP contribution in [0, 0.1) is 5.82 Å². The van der Waals surface area contributed by atoms with E-state index in [4.69, 9.17) is 14.0 Å². The van der Waals surface area contributed by atoms with Crippen LogP contribution in [0.2, 0.25) is 0 Å². The Morgan fingerprint density at radius 1 is 1.21 bits per heavy atom. The summed E-state index contributed by atoms with van der Waals surface area (Å²) in [4.78, 5) is 16.4. The van der Waals surface area contributed by atoms with E-state index < -0.39 is 17.8 Å². The molecule has 0 radical (unpaired) electrons. The fraction of sp³-hybridized carbons (Fsp3) is 0.250. The minimum absolute atomic E-state index is 0.00436. The lowest BCUT2D eigenvalue weighted by Gasteiger charge is -2.13. The molecule has 28 heavy (non-hydrogen) atoms. The summed E-state index contributed by atoms with van der Waals surface area (Å²) in [7, 11) is 0. The SMILES string of the molecule is CCCOc1ccc(-c2nc(NC(=O)[C@H](C)Oc3ccccc3F)no2)cc1. The number of carbonyl (C=O) groups excluding carboxylic acids is 1. The van der Waals surface area contributed by atoms with Gasteiger partial charge >= 0.3 is 0 Å². The Kier molecular flexibility index (Phi) is 6.21. The van der Waals surface area contributed by atoms with E-state index in [0.29, 0.717) is 12.2 Å². The van der Waals surface area contributed by atoms with Gasteiger partial charge in [-0.2, -0.15) is 4.98 Å². The third kappa shape index (κ3) is 4.85. The second-order valence-electron chi connectivity index (χ2n) is 5.98. The molecular formula is C20H20FN3O4. The molecule has 0 saturated carbocycles. The fourth-order valence-corrected chi connectivity index (χ4v) is 2.30. The average molecular weight is 385 g/mol. The number of rotatable bonds is 8. The lowest BCUT2D eigenvalue weighted by molar-refractivity contribution is -0.122. The van der Waals surface area contributed by atoms with Gasteiger partial charge in [-0.15, -0.1) is 0 Å². The molecule has 1 aromatic heterocycles. The number of anilines is 1. The van der Waals surface area contributed by atoms with Crippen LogP contribution in [0.3, 0.4) is 0 Å². The van der Waals surface area contributed by atoms with Gasteiger partial charge in [0.1, 0.15) is 5.75 Å². The van der Waals surface area contributed by atoms with Crippen LogP contribution < -0.4 is 14.8 Å². The van der Waals surface area contributed by atoms with Crippen molar-refractivity contribution in [2.45, 2.75) is 26.4 Å². The third-order valence-electron chi connectivity index (χ3n) is 3.74. The summed E-state index contributed by atoms with van der Waals surface area (Å²) < 4.78 is 29.6. The molecular weight excluding hydrogens is 365 g/mol. The molecule has 0 aliphatic carbocycles. The zero-order chi connectivity index (χ0) is 19.9. The number of carbonyl (C=O) groups is 1. The molecule has 1 heterocycles. The largest absolute Gasteiger partial charge is 0.494 e. The zero-order valence-corrected chi connectivity index (χ0v) is 15.5. The predicted molar refractivity (Wildman–Crippen MR) is 101 cm³/mol. The number of para-hydroxylation sites is 1. The highest BCUT2D eigenvalue weighted by atomic mass is 19.1. The summed E-state index contributed by atoms with van der Waals surface area (Å²) in [5.74, 6) is -0.0910. The summed E-state index contributed by atoms with van der Waals surface area (Å²) in [5.41, 5.74) is 0.688. The Morgan fingerprint density at radius 3 is 2.68 bits per heavy atom. The summed E-state index contributed by atoms with van der Waals surface area (Å²) in [6.45, 7) is 4.17. The van der Waals surface area contributed by atoms with Gasteiger partial charge in [0.05, 0.1) is 6.61 Å². The summed E-state index contributed by atoms with van der Waals surface area (Å²) >= 11 is 0. The van der Waals surface area contributed by atoms with E-state index in [0.717, 1.165) is 12.2 Å². The third-order valence-corrected chi connectivity index (χ3v) is 3.74. The Labute approximate surface area is 161 Å². The number of halogens is 1. The smallest absolute Gasteiger partial charge is 0.270 e. The second kappa shape index (κ2) is 8.98. The van der Waals surface area contributed by atoms with Crippen LogP contribution in [0.4, 0.5) is 10.3 Å². The van der Waals surface area contributed by atoms with Gasteiger partial charge in [0.15, 0.2) is 17.7 Å². The average Bonchev–Trinajstić information content (AvgIpc) is 3.17. The molecule has 146 valence electrons. The van der Waals surface area contributed by atoms with Gasteiger partial charge in [0.2, 0.25) is 0 Å². The molecule has 0 saturated heterocycles. The number of hydrogen-bond donors (Lipinski definition) is 1. The maximum atomic E-state index is 13.6. The topological polar surface area (TPSA) is 86.5 Å². The maximum Gasteiger partial charge on any atom is 0.270 e. The highest BCUT2D eigenvalue weighted by Gasteiger charge is 2.19. The fourth-order valence-electron chi connectivity index (χ4n) is 2.30. The monoisotopic (exact) mass is 385 g/mol. The Morgan fingerprint density at radius 2 is 1.96 bits per heavy atom. The Hall–Kier alpha value is -3.42. The van der Waals surface area contributed by atoms with Gasteiger partial charge in [-0.1, -0.05) is 19.1 Å². The van der Waals surface area contributed by atoms with Crippen LogP contribution in [0.5, 0.6) is 11.5 Å². The van der Waals surface area contributed by atoms with E-state index in [1.165, 1.54) is 25.1 Å². The van der Waals surface area contributed by atoms with Crippen molar-refractivity contribution in [1.82, 2.24) is 10.1 Å². The molecule has 2 aromatic carbocycles. The molecule has 0 spiro atoms. The molecule has 1 N–H and O–H groups in total. The van der Waals surface area contributed by atoms with Crippen molar-refractivity contribution in [1.29, 1.82) is 0 Å². The molecule has 0 aliphatic heterocycles. The molecule has 3 rings (SSSR count). The molecule has 1 amide bonds. The van der Waals surface area contributed by atoms with Crippen LogP contribution in [0.25, 0.3) is 11.5 Å². The number of hydrogen-bond acceptors (Lipinski definition) is 6. The highest BCUT2D eigenvalue weighted by molar-refractivity contribution is 5.92. The normalized spacial score (nSPS) is 11.7. The van der Waals surface area contributed by atoms with E-state index in [1.54, 1.807) is 30.3 Å². The van der Waals surface area contributed by atoms with Gasteiger partial charge in [-0.05, 0) is 54.9 Å². The number of nitrogens with zero attached hydrogens (tertiary/aromatic N) is 2. The first-order valence-electron chi connectivity index (χ1n) is 8.86. The number of aromatic nitrogens is 2. The molecule has 0 unspecified atom stereocenters. The molecule has 3 aromatic rings. The van der Waals surface area contributed by atoms with Gasteiger partial charge < -0.3 is 14.0 Å². The van der Waals surface area contributed by atoms with Crippen LogP contribution in [0.15, 0.2) is 53.1 Å². The quantitative estimate of drug-likeness (QED) is 0.629. The molecule has 7 nitrogen and oxygen atoms in total. The Bertz CT molecular complexity index is 927. The van der Waals surface area contributed by atoms with Crippen molar-refractivity contribution in [3.8, 4) is 23.0 Å². The van der Waals surface area contributed by atoms with Crippen molar-refractivity contribution in [3.05, 3.63) is 54.3 Å². The minimum atomic E-state index is -0.950. The second-order valence-corrected chi connectivity index (χ2v) is 5.98. The van der Waals surface area contributed by atoms with Gasteiger partial charge in [0, 0.05) is 5.56 Å². The summed E-state index contributed by atoms with van der Waals surface area (Å²) in [6.07, 6.45) is -0.0260. The summed E-state index contributed by atoms with van der Waals surface area (Å²) in [6, 6.07) is 13.0. The van der Waals surface area contributed by atoms with E-state index in [-0.39, 0.29) is 17.6 Å². The van der Waals surface area contributed by atoms with Gasteiger partial charge in [0.25, 0.3) is 17.7 Å². The summed E-state index contributed by atoms with van der Waals surface area (Å²) in [5, 5.41) is 6.22. The van der Waals surface area contributed by atoms with E-state index in [9.17, 15) is 9.18 Å². The maximum absolute atomic E-state index is 13.6. The molecule has 8 heteroatoms. The molecule has 0 fully saturated rings. The first kappa shape index (κ1) is 19.3. The van der Waals surface area contributed by atoms with Gasteiger partial charge in [-0.25, -0.2) is 4.39 Å². The lowest BCUT2D eigenvalue weighted by atomic mass is 10.2.